The van der Waals surface area contributed by atoms with Gasteiger partial charge in [-0.2, -0.15) is 0 Å². The second-order valence-electron chi connectivity index (χ2n) is 6.35. The molecule has 0 N–H and O–H groups in total. The van der Waals surface area contributed by atoms with Crippen molar-refractivity contribution in [2.24, 2.45) is 0 Å². The number of fused-ring (bicyclic) bond motifs is 1. The van der Waals surface area contributed by atoms with E-state index in [2.05, 4.69) is 19.9 Å². The van der Waals surface area contributed by atoms with Gasteiger partial charge in [0.2, 0.25) is 5.95 Å². The monoisotopic (exact) mass is 326 g/mol. The first-order valence-corrected chi connectivity index (χ1v) is 8.56. The second-order valence-corrected chi connectivity index (χ2v) is 6.35. The van der Waals surface area contributed by atoms with E-state index in [1.165, 1.54) is 0 Å². The van der Waals surface area contributed by atoms with E-state index in [1.807, 2.05) is 24.4 Å². The minimum Gasteiger partial charge on any atom is -0.374 e. The van der Waals surface area contributed by atoms with Gasteiger partial charge in [-0.3, -0.25) is 4.98 Å². The Morgan fingerprint density at radius 2 is 2.04 bits per heavy atom. The van der Waals surface area contributed by atoms with E-state index in [-0.39, 0.29) is 12.2 Å². The molecule has 0 aromatic carbocycles. The van der Waals surface area contributed by atoms with Crippen LogP contribution in [0.3, 0.4) is 0 Å². The molecule has 24 heavy (non-hydrogen) atoms. The molecule has 2 aromatic heterocycles. The largest absolute Gasteiger partial charge is 0.374 e. The van der Waals surface area contributed by atoms with Gasteiger partial charge in [0, 0.05) is 31.3 Å². The standard InChI is InChI=1S/C18H22N4O2/c1-3-14(11-19-7-1)12-23-13-15-4-5-16-17(24-15)6-10-22(16)18-20-8-2-9-21-18/h1-3,7-9,11,15-17H,4-6,10,12-13H2/t15?,16-,17-/m1/s1. The molecule has 0 radical (unpaired) electrons. The van der Waals surface area contributed by atoms with Crippen LogP contribution in [0, 0.1) is 0 Å². The fourth-order valence-corrected chi connectivity index (χ4v) is 3.60. The van der Waals surface area contributed by atoms with Crippen molar-refractivity contribution in [1.82, 2.24) is 15.0 Å². The molecular weight excluding hydrogens is 304 g/mol. The number of ether oxygens (including phenoxy) is 2. The lowest BCUT2D eigenvalue weighted by molar-refractivity contribution is -0.0889. The lowest BCUT2D eigenvalue weighted by atomic mass is 9.99. The SMILES string of the molecule is c1cnc(N2CC[C@H]3OC(COCc4cccnc4)CC[C@H]32)nc1. The normalized spacial score (nSPS) is 26.3. The Bertz CT molecular complexity index is 640. The van der Waals surface area contributed by atoms with Crippen molar-refractivity contribution in [3.63, 3.8) is 0 Å². The molecule has 2 fully saturated rings. The van der Waals surface area contributed by atoms with Crippen molar-refractivity contribution in [1.29, 1.82) is 0 Å². The van der Waals surface area contributed by atoms with Crippen LogP contribution in [0.2, 0.25) is 0 Å². The highest BCUT2D eigenvalue weighted by Gasteiger charge is 2.40. The summed E-state index contributed by atoms with van der Waals surface area (Å²) in [7, 11) is 0. The molecule has 126 valence electrons. The van der Waals surface area contributed by atoms with Crippen LogP contribution in [0.15, 0.2) is 43.0 Å². The van der Waals surface area contributed by atoms with Gasteiger partial charge < -0.3 is 14.4 Å². The molecule has 1 unspecified atom stereocenters. The second kappa shape index (κ2) is 7.23. The maximum atomic E-state index is 6.26. The molecular formula is C18H22N4O2. The lowest BCUT2D eigenvalue weighted by Crippen LogP contribution is -2.44. The summed E-state index contributed by atoms with van der Waals surface area (Å²) in [5, 5.41) is 0. The van der Waals surface area contributed by atoms with Crippen LogP contribution in [-0.2, 0) is 16.1 Å². The molecule has 0 aliphatic carbocycles. The highest BCUT2D eigenvalue weighted by Crippen LogP contribution is 2.33. The van der Waals surface area contributed by atoms with E-state index < -0.39 is 0 Å². The van der Waals surface area contributed by atoms with E-state index in [4.69, 9.17) is 9.47 Å². The number of hydrogen-bond acceptors (Lipinski definition) is 6. The van der Waals surface area contributed by atoms with Crippen molar-refractivity contribution >= 4 is 5.95 Å². The van der Waals surface area contributed by atoms with Gasteiger partial charge in [-0.1, -0.05) is 6.07 Å². The highest BCUT2D eigenvalue weighted by molar-refractivity contribution is 5.34. The average molecular weight is 326 g/mol. The maximum absolute atomic E-state index is 6.26. The highest BCUT2D eigenvalue weighted by atomic mass is 16.5. The number of aromatic nitrogens is 3. The summed E-state index contributed by atoms with van der Waals surface area (Å²) in [5.41, 5.74) is 1.10. The van der Waals surface area contributed by atoms with Crippen LogP contribution < -0.4 is 4.90 Å². The van der Waals surface area contributed by atoms with Crippen molar-refractivity contribution < 1.29 is 9.47 Å². The maximum Gasteiger partial charge on any atom is 0.225 e. The zero-order chi connectivity index (χ0) is 16.2. The first kappa shape index (κ1) is 15.5. The Labute approximate surface area is 141 Å². The summed E-state index contributed by atoms with van der Waals surface area (Å²) in [6.45, 7) is 2.19. The number of nitrogens with zero attached hydrogens (tertiary/aromatic N) is 4. The van der Waals surface area contributed by atoms with Crippen molar-refractivity contribution in [3.8, 4) is 0 Å². The van der Waals surface area contributed by atoms with Crippen molar-refractivity contribution in [2.75, 3.05) is 18.1 Å². The van der Waals surface area contributed by atoms with Crippen LogP contribution >= 0.6 is 0 Å². The Morgan fingerprint density at radius 1 is 1.12 bits per heavy atom. The molecule has 6 nitrogen and oxygen atoms in total. The molecule has 0 bridgehead atoms. The quantitative estimate of drug-likeness (QED) is 0.839. The molecule has 6 heteroatoms. The van der Waals surface area contributed by atoms with E-state index >= 15 is 0 Å². The Morgan fingerprint density at radius 3 is 2.88 bits per heavy atom. The summed E-state index contributed by atoms with van der Waals surface area (Å²) in [6.07, 6.45) is 10.8. The predicted molar refractivity (Wildman–Crippen MR) is 89.6 cm³/mol. The third-order valence-electron chi connectivity index (χ3n) is 4.74. The third kappa shape index (κ3) is 3.39. The number of rotatable bonds is 5. The number of anilines is 1. The van der Waals surface area contributed by atoms with Gasteiger partial charge in [0.1, 0.15) is 0 Å². The van der Waals surface area contributed by atoms with Gasteiger partial charge in [-0.25, -0.2) is 9.97 Å². The fourth-order valence-electron chi connectivity index (χ4n) is 3.60. The molecule has 2 aliphatic heterocycles. The minimum absolute atomic E-state index is 0.180. The van der Waals surface area contributed by atoms with Gasteiger partial charge in [-0.15, -0.1) is 0 Å². The van der Waals surface area contributed by atoms with Crippen LogP contribution in [0.4, 0.5) is 5.95 Å². The summed E-state index contributed by atoms with van der Waals surface area (Å²) in [6, 6.07) is 6.20. The van der Waals surface area contributed by atoms with Crippen molar-refractivity contribution in [3.05, 3.63) is 48.5 Å². The van der Waals surface area contributed by atoms with Crippen LogP contribution in [0.1, 0.15) is 24.8 Å². The first-order valence-electron chi connectivity index (χ1n) is 8.56. The van der Waals surface area contributed by atoms with Crippen LogP contribution in [-0.4, -0.2) is 46.4 Å². The molecule has 2 aromatic rings. The lowest BCUT2D eigenvalue weighted by Gasteiger charge is -2.35. The van der Waals surface area contributed by atoms with E-state index in [9.17, 15) is 0 Å². The van der Waals surface area contributed by atoms with E-state index in [1.54, 1.807) is 18.6 Å². The van der Waals surface area contributed by atoms with Gasteiger partial charge in [-0.05, 0) is 37.0 Å². The number of hydrogen-bond donors (Lipinski definition) is 0. The average Bonchev–Trinajstić information content (AvgIpc) is 3.07. The van der Waals surface area contributed by atoms with Gasteiger partial charge in [0.05, 0.1) is 31.5 Å². The smallest absolute Gasteiger partial charge is 0.225 e. The summed E-state index contributed by atoms with van der Waals surface area (Å²) in [4.78, 5) is 15.2. The van der Waals surface area contributed by atoms with Crippen molar-refractivity contribution in [2.45, 2.75) is 44.1 Å². The Kier molecular flexibility index (Phi) is 4.66. The molecule has 4 rings (SSSR count). The Balaban J connectivity index is 1.28. The van der Waals surface area contributed by atoms with Gasteiger partial charge in [0.25, 0.3) is 0 Å². The topological polar surface area (TPSA) is 60.4 Å². The van der Waals surface area contributed by atoms with E-state index in [0.717, 1.165) is 37.3 Å². The number of pyridine rings is 1. The summed E-state index contributed by atoms with van der Waals surface area (Å²) >= 11 is 0. The zero-order valence-electron chi connectivity index (χ0n) is 13.6. The molecule has 4 heterocycles. The Hall–Kier alpha value is -2.05. The zero-order valence-corrected chi connectivity index (χ0v) is 13.6. The van der Waals surface area contributed by atoms with Gasteiger partial charge in [0.15, 0.2) is 0 Å². The molecule has 0 spiro atoms. The van der Waals surface area contributed by atoms with Crippen LogP contribution in [0.5, 0.6) is 0 Å². The van der Waals surface area contributed by atoms with E-state index in [0.29, 0.717) is 19.3 Å². The van der Waals surface area contributed by atoms with Crippen LogP contribution in [0.25, 0.3) is 0 Å². The molecule has 2 aliphatic rings. The molecule has 2 saturated heterocycles. The third-order valence-corrected chi connectivity index (χ3v) is 4.74. The minimum atomic E-state index is 0.180. The fraction of sp³-hybridized carbons (Fsp3) is 0.500. The molecule has 0 amide bonds. The van der Waals surface area contributed by atoms with Gasteiger partial charge >= 0.3 is 0 Å². The molecule has 3 atom stereocenters. The summed E-state index contributed by atoms with van der Waals surface area (Å²) < 4.78 is 12.1. The first-order chi connectivity index (χ1) is 11.9. The summed E-state index contributed by atoms with van der Waals surface area (Å²) in [5.74, 6) is 0.819. The predicted octanol–water partition coefficient (Wildman–Crippen LogP) is 2.21. The molecule has 0 saturated carbocycles.